The zero-order chi connectivity index (χ0) is 20.1. The van der Waals surface area contributed by atoms with Gasteiger partial charge in [0.25, 0.3) is 0 Å². The van der Waals surface area contributed by atoms with E-state index in [9.17, 15) is 14.0 Å². The predicted octanol–water partition coefficient (Wildman–Crippen LogP) is 5.15. The van der Waals surface area contributed by atoms with Gasteiger partial charge >= 0.3 is 0 Å². The Morgan fingerprint density at radius 2 is 1.24 bits per heavy atom. The van der Waals surface area contributed by atoms with Crippen molar-refractivity contribution >= 4 is 43.1 Å². The quantitative estimate of drug-likeness (QED) is 0.389. The van der Waals surface area contributed by atoms with Crippen LogP contribution in [0.5, 0.6) is 0 Å². The minimum atomic E-state index is -0.374. The molecule has 0 bridgehead atoms. The molecule has 0 aliphatic rings. The lowest BCUT2D eigenvalue weighted by Gasteiger charge is -1.96. The molecule has 0 saturated heterocycles. The van der Waals surface area contributed by atoms with Crippen molar-refractivity contribution in [2.45, 2.75) is 13.3 Å². The van der Waals surface area contributed by atoms with Crippen molar-refractivity contribution in [2.24, 2.45) is 9.98 Å². The number of benzene rings is 3. The van der Waals surface area contributed by atoms with Crippen LogP contribution < -0.4 is 10.7 Å². The average Bonchev–Trinajstić information content (AvgIpc) is 3.17. The molecule has 0 atom stereocenters. The Bertz CT molecular complexity index is 1600. The first-order valence-electron chi connectivity index (χ1n) is 9.43. The molecule has 0 heterocycles. The van der Waals surface area contributed by atoms with E-state index in [-0.39, 0.29) is 11.6 Å². The van der Waals surface area contributed by atoms with Crippen LogP contribution in [0.4, 0.5) is 8.78 Å². The van der Waals surface area contributed by atoms with Crippen LogP contribution in [-0.2, 0) is 0 Å². The van der Waals surface area contributed by atoms with Crippen LogP contribution in [0.2, 0.25) is 0 Å². The van der Waals surface area contributed by atoms with E-state index in [2.05, 4.69) is 4.99 Å². The Labute approximate surface area is 164 Å². The third-order valence-corrected chi connectivity index (χ3v) is 5.38. The van der Waals surface area contributed by atoms with Crippen LogP contribution in [0.3, 0.4) is 0 Å². The zero-order valence-corrected chi connectivity index (χ0v) is 15.6. The second kappa shape index (κ2) is 6.46. The number of fused-ring (bicyclic) bond motifs is 6. The van der Waals surface area contributed by atoms with E-state index in [1.165, 1.54) is 24.3 Å². The average molecular weight is 383 g/mol. The largest absolute Gasteiger partial charge is 0.284 e. The summed E-state index contributed by atoms with van der Waals surface area (Å²) in [5.41, 5.74) is 0. The van der Waals surface area contributed by atoms with E-state index < -0.39 is 0 Å². The van der Waals surface area contributed by atoms with Crippen LogP contribution in [-0.4, -0.2) is 6.54 Å². The predicted molar refractivity (Wildman–Crippen MR) is 111 cm³/mol. The summed E-state index contributed by atoms with van der Waals surface area (Å²) >= 11 is 0. The fraction of sp³-hybridized carbons (Fsp3) is 0.125. The lowest BCUT2D eigenvalue weighted by Crippen LogP contribution is -2.02. The first kappa shape index (κ1) is 17.4. The van der Waals surface area contributed by atoms with Gasteiger partial charge in [-0.2, -0.15) is 10.3 Å². The van der Waals surface area contributed by atoms with Gasteiger partial charge in [-0.25, -0.2) is 8.78 Å². The monoisotopic (exact) mass is 383 g/mol. The summed E-state index contributed by atoms with van der Waals surface area (Å²) in [4.78, 5) is 8.69. The van der Waals surface area contributed by atoms with Crippen molar-refractivity contribution in [1.29, 1.82) is 5.26 Å². The van der Waals surface area contributed by atoms with Crippen molar-refractivity contribution in [1.82, 2.24) is 0 Å². The lowest BCUT2D eigenvalue weighted by molar-refractivity contribution is 0.629. The Kier molecular flexibility index (Phi) is 3.88. The van der Waals surface area contributed by atoms with E-state index in [1.54, 1.807) is 12.1 Å². The van der Waals surface area contributed by atoms with Crippen LogP contribution in [0.15, 0.2) is 58.5 Å². The first-order valence-corrected chi connectivity index (χ1v) is 9.43. The molecule has 29 heavy (non-hydrogen) atoms. The van der Waals surface area contributed by atoms with E-state index in [1.807, 2.05) is 25.2 Å². The van der Waals surface area contributed by atoms with Crippen molar-refractivity contribution < 1.29 is 8.78 Å². The van der Waals surface area contributed by atoms with Gasteiger partial charge < -0.3 is 0 Å². The van der Waals surface area contributed by atoms with E-state index in [0.29, 0.717) is 17.3 Å². The zero-order valence-electron chi connectivity index (χ0n) is 15.6. The molecule has 5 aromatic rings. The number of hydrogen-bond donors (Lipinski definition) is 0. The van der Waals surface area contributed by atoms with Crippen LogP contribution >= 0.6 is 0 Å². The van der Waals surface area contributed by atoms with Gasteiger partial charge in [0, 0.05) is 28.1 Å². The van der Waals surface area contributed by atoms with Crippen molar-refractivity contribution in [2.75, 3.05) is 6.54 Å². The smallest absolute Gasteiger partial charge is 0.206 e. The molecule has 3 nitrogen and oxygen atoms in total. The Balaban J connectivity index is 2.06. The Morgan fingerprint density at radius 3 is 1.83 bits per heavy atom. The second-order valence-corrected chi connectivity index (χ2v) is 7.11. The maximum Gasteiger partial charge on any atom is 0.206 e. The summed E-state index contributed by atoms with van der Waals surface area (Å²) in [5.74, 6) is -0.679. The molecule has 0 fully saturated rings. The highest BCUT2D eigenvalue weighted by Crippen LogP contribution is 2.32. The molecule has 0 radical (unpaired) electrons. The highest BCUT2D eigenvalue weighted by atomic mass is 19.1. The molecule has 0 amide bonds. The highest BCUT2D eigenvalue weighted by Gasteiger charge is 2.15. The molecule has 0 spiro atoms. The van der Waals surface area contributed by atoms with Gasteiger partial charge in [-0.15, -0.1) is 0 Å². The van der Waals surface area contributed by atoms with Gasteiger partial charge in [-0.05, 0) is 64.4 Å². The fourth-order valence-electron chi connectivity index (χ4n) is 4.19. The molecule has 5 rings (SSSR count). The molecule has 0 N–H and O–H groups in total. The van der Waals surface area contributed by atoms with Gasteiger partial charge in [0.1, 0.15) is 11.6 Å². The Morgan fingerprint density at radius 1 is 0.724 bits per heavy atom. The molecule has 0 aliphatic heterocycles. The van der Waals surface area contributed by atoms with Crippen LogP contribution in [0, 0.1) is 23.1 Å². The minimum absolute atomic E-state index is 0.305. The molecule has 140 valence electrons. The molecule has 0 aromatic heterocycles. The summed E-state index contributed by atoms with van der Waals surface area (Å²) in [6.07, 6.45) is 2.71. The summed E-state index contributed by atoms with van der Waals surface area (Å²) < 4.78 is 27.8. The molecule has 5 aromatic carbocycles. The van der Waals surface area contributed by atoms with Crippen molar-refractivity contribution in [3.8, 4) is 6.19 Å². The van der Waals surface area contributed by atoms with Gasteiger partial charge in [-0.1, -0.05) is 19.1 Å². The number of nitrogens with zero attached hydrogens (tertiary/aromatic N) is 3. The van der Waals surface area contributed by atoms with Crippen LogP contribution in [0.1, 0.15) is 13.3 Å². The van der Waals surface area contributed by atoms with E-state index >= 15 is 0 Å². The molecule has 0 aliphatic carbocycles. The third-order valence-electron chi connectivity index (χ3n) is 5.38. The minimum Gasteiger partial charge on any atom is -0.284 e. The van der Waals surface area contributed by atoms with Gasteiger partial charge in [-0.3, -0.25) is 4.99 Å². The van der Waals surface area contributed by atoms with Gasteiger partial charge in [0.15, 0.2) is 0 Å². The maximum atomic E-state index is 14.0. The number of nitriles is 1. The highest BCUT2D eigenvalue weighted by molar-refractivity contribution is 6.21. The van der Waals surface area contributed by atoms with E-state index in [4.69, 9.17) is 4.99 Å². The first-order chi connectivity index (χ1) is 14.1. The molecular weight excluding hydrogens is 368 g/mol. The van der Waals surface area contributed by atoms with Crippen molar-refractivity contribution in [3.05, 3.63) is 70.9 Å². The van der Waals surface area contributed by atoms with Gasteiger partial charge in [0.05, 0.1) is 10.7 Å². The molecule has 0 saturated carbocycles. The number of rotatable bonds is 2. The lowest BCUT2D eigenvalue weighted by atomic mass is 10.1. The van der Waals surface area contributed by atoms with Crippen molar-refractivity contribution in [3.63, 3.8) is 0 Å². The topological polar surface area (TPSA) is 48.5 Å². The molecular formula is C24H15F2N3. The second-order valence-electron chi connectivity index (χ2n) is 7.11. The van der Waals surface area contributed by atoms with Crippen LogP contribution in [0.25, 0.3) is 43.1 Å². The summed E-state index contributed by atoms with van der Waals surface area (Å²) in [6.45, 7) is 2.67. The summed E-state index contributed by atoms with van der Waals surface area (Å²) in [7, 11) is 0. The van der Waals surface area contributed by atoms with Gasteiger partial charge in [0.2, 0.25) is 6.19 Å². The van der Waals surface area contributed by atoms with E-state index in [0.717, 1.165) is 49.5 Å². The SMILES string of the molecule is CCC/N=c1\c2cc(F)ccc2c2cc3c(cc12)/c(=N/C#N)c1cc(F)ccc13. The summed E-state index contributed by atoms with van der Waals surface area (Å²) in [5, 5.41) is 17.0. The maximum absolute atomic E-state index is 14.0. The number of hydrogen-bond acceptors (Lipinski definition) is 3. The third kappa shape index (κ3) is 2.53. The standard InChI is InChI=1S/C24H15F2N3/c1-2-7-28-23-19-8-13(25)3-5-15(19)17-10-18-16-6-4-14(26)9-20(16)24(29-12-27)22(18)11-21(17)23/h3-6,8-11H,2,7H2,1H3/b28-23+,29-24+. The summed E-state index contributed by atoms with van der Waals surface area (Å²) in [6, 6.07) is 13.2. The fourth-order valence-corrected chi connectivity index (χ4v) is 4.19. The normalized spacial score (nSPS) is 13.3. The molecule has 0 unspecified atom stereocenters. The number of halogens is 2. The molecule has 5 heteroatoms. The Hall–Kier alpha value is -3.65.